The van der Waals surface area contributed by atoms with Crippen molar-refractivity contribution in [2.45, 2.75) is 64.3 Å². The second-order valence-electron chi connectivity index (χ2n) is 7.82. The molecule has 0 radical (unpaired) electrons. The third-order valence-corrected chi connectivity index (χ3v) is 4.36. The van der Waals surface area contributed by atoms with Crippen molar-refractivity contribution in [1.82, 2.24) is 5.32 Å². The highest BCUT2D eigenvalue weighted by molar-refractivity contribution is 5.67. The second kappa shape index (κ2) is 8.18. The van der Waals surface area contributed by atoms with E-state index in [2.05, 4.69) is 10.6 Å². The molecule has 0 unspecified atom stereocenters. The van der Waals surface area contributed by atoms with Crippen LogP contribution in [-0.2, 0) is 10.9 Å². The van der Waals surface area contributed by atoms with Gasteiger partial charge >= 0.3 is 12.3 Å². The van der Waals surface area contributed by atoms with Gasteiger partial charge in [0.1, 0.15) is 5.60 Å². The van der Waals surface area contributed by atoms with E-state index in [1.54, 1.807) is 0 Å². The van der Waals surface area contributed by atoms with Gasteiger partial charge in [-0.15, -0.1) is 0 Å². The summed E-state index contributed by atoms with van der Waals surface area (Å²) < 4.78 is 43.0. The number of hydrogen-bond acceptors (Lipinski definition) is 3. The fraction of sp³-hybridized carbons (Fsp3) is 0.632. The van der Waals surface area contributed by atoms with Gasteiger partial charge in [-0.3, -0.25) is 0 Å². The number of alkyl carbamates (subject to hydrolysis) is 1. The summed E-state index contributed by atoms with van der Waals surface area (Å²) in [7, 11) is 0. The van der Waals surface area contributed by atoms with E-state index in [1.165, 1.54) is 12.1 Å². The monoisotopic (exact) mass is 372 g/mol. The highest BCUT2D eigenvalue weighted by Crippen LogP contribution is 2.31. The summed E-state index contributed by atoms with van der Waals surface area (Å²) >= 11 is 0. The summed E-state index contributed by atoms with van der Waals surface area (Å²) in [4.78, 5) is 11.7. The highest BCUT2D eigenvalue weighted by atomic mass is 19.4. The number of amides is 1. The van der Waals surface area contributed by atoms with E-state index in [9.17, 15) is 18.0 Å². The number of hydrogen-bond donors (Lipinski definition) is 2. The van der Waals surface area contributed by atoms with E-state index in [4.69, 9.17) is 4.74 Å². The molecule has 1 amide bonds. The number of carbonyl (C=O) groups excluding carboxylic acids is 1. The summed E-state index contributed by atoms with van der Waals surface area (Å²) in [6, 6.07) is 5.37. The van der Waals surface area contributed by atoms with E-state index >= 15 is 0 Å². The zero-order valence-corrected chi connectivity index (χ0v) is 15.5. The molecule has 146 valence electrons. The van der Waals surface area contributed by atoms with Gasteiger partial charge in [-0.1, -0.05) is 0 Å². The number of nitrogens with one attached hydrogen (secondary N) is 2. The molecule has 1 fully saturated rings. The fourth-order valence-electron chi connectivity index (χ4n) is 3.04. The molecule has 1 aromatic carbocycles. The molecule has 26 heavy (non-hydrogen) atoms. The molecular formula is C19H27F3N2O2. The molecule has 7 heteroatoms. The van der Waals surface area contributed by atoms with Gasteiger partial charge in [0, 0.05) is 18.3 Å². The van der Waals surface area contributed by atoms with Crippen LogP contribution in [0, 0.1) is 5.92 Å². The van der Waals surface area contributed by atoms with Crippen molar-refractivity contribution in [3.05, 3.63) is 29.8 Å². The number of anilines is 1. The van der Waals surface area contributed by atoms with E-state index in [0.717, 1.165) is 37.8 Å². The molecule has 0 aliphatic heterocycles. The lowest BCUT2D eigenvalue weighted by Crippen LogP contribution is -2.37. The zero-order chi connectivity index (χ0) is 19.4. The molecule has 0 spiro atoms. The third kappa shape index (κ3) is 6.77. The van der Waals surface area contributed by atoms with E-state index in [-0.39, 0.29) is 6.04 Å². The summed E-state index contributed by atoms with van der Waals surface area (Å²) in [5.41, 5.74) is -0.443. The van der Waals surface area contributed by atoms with Crippen molar-refractivity contribution in [2.75, 3.05) is 11.9 Å². The first-order valence-electron chi connectivity index (χ1n) is 8.93. The van der Waals surface area contributed by atoms with Crippen LogP contribution in [0.1, 0.15) is 52.0 Å². The molecule has 1 aliphatic carbocycles. The van der Waals surface area contributed by atoms with Crippen LogP contribution in [-0.4, -0.2) is 24.3 Å². The maximum absolute atomic E-state index is 12.6. The van der Waals surface area contributed by atoms with Gasteiger partial charge in [0.2, 0.25) is 0 Å². The Bertz CT molecular complexity index is 586. The third-order valence-electron chi connectivity index (χ3n) is 4.36. The summed E-state index contributed by atoms with van der Waals surface area (Å²) in [5, 5.41) is 6.10. The Hall–Kier alpha value is -1.92. The normalized spacial score (nSPS) is 21.2. The predicted molar refractivity (Wildman–Crippen MR) is 95.0 cm³/mol. The molecule has 4 nitrogen and oxygen atoms in total. The first-order chi connectivity index (χ1) is 12.0. The van der Waals surface area contributed by atoms with Crippen molar-refractivity contribution in [2.24, 2.45) is 5.92 Å². The van der Waals surface area contributed by atoms with Crippen LogP contribution in [0.3, 0.4) is 0 Å². The van der Waals surface area contributed by atoms with Crippen molar-refractivity contribution >= 4 is 11.8 Å². The number of halogens is 3. The summed E-state index contributed by atoms with van der Waals surface area (Å²) in [5.74, 6) is 0.396. The topological polar surface area (TPSA) is 50.4 Å². The van der Waals surface area contributed by atoms with Crippen LogP contribution in [0.2, 0.25) is 0 Å². The minimum absolute atomic E-state index is 0.240. The number of benzene rings is 1. The standard InChI is InChI=1S/C19H27F3N2O2/c1-18(2,3)26-17(25)23-12-13-4-8-15(9-5-13)24-16-10-6-14(7-11-16)19(20,21)22/h6-7,10-11,13,15,24H,4-5,8-9,12H2,1-3H3,(H,23,25). The molecule has 2 N–H and O–H groups in total. The molecule has 0 heterocycles. The maximum atomic E-state index is 12.6. The Labute approximate surface area is 152 Å². The molecule has 0 bridgehead atoms. The lowest BCUT2D eigenvalue weighted by atomic mass is 9.86. The van der Waals surface area contributed by atoms with Crippen LogP contribution in [0.4, 0.5) is 23.7 Å². The van der Waals surface area contributed by atoms with Crippen molar-refractivity contribution in [3.63, 3.8) is 0 Å². The Kier molecular flexibility index (Phi) is 6.42. The molecule has 0 aromatic heterocycles. The smallest absolute Gasteiger partial charge is 0.416 e. The first-order valence-corrected chi connectivity index (χ1v) is 8.93. The van der Waals surface area contributed by atoms with Gasteiger partial charge in [0.05, 0.1) is 5.56 Å². The number of carbonyl (C=O) groups is 1. The molecule has 1 saturated carbocycles. The van der Waals surface area contributed by atoms with E-state index in [0.29, 0.717) is 18.2 Å². The Morgan fingerprint density at radius 2 is 1.65 bits per heavy atom. The fourth-order valence-corrected chi connectivity index (χ4v) is 3.04. The largest absolute Gasteiger partial charge is 0.444 e. The first kappa shape index (κ1) is 20.4. The van der Waals surface area contributed by atoms with Gasteiger partial charge in [-0.05, 0) is 76.6 Å². The minimum atomic E-state index is -4.31. The predicted octanol–water partition coefficient (Wildman–Crippen LogP) is 5.20. The Morgan fingerprint density at radius 3 is 2.15 bits per heavy atom. The summed E-state index contributed by atoms with van der Waals surface area (Å²) in [6.45, 7) is 6.06. The van der Waals surface area contributed by atoms with E-state index < -0.39 is 23.4 Å². The van der Waals surface area contributed by atoms with Crippen LogP contribution in [0.5, 0.6) is 0 Å². The van der Waals surface area contributed by atoms with Crippen LogP contribution in [0.15, 0.2) is 24.3 Å². The van der Waals surface area contributed by atoms with Gasteiger partial charge in [-0.2, -0.15) is 13.2 Å². The molecule has 0 atom stereocenters. The molecular weight excluding hydrogens is 345 g/mol. The lowest BCUT2D eigenvalue weighted by Gasteiger charge is -2.30. The maximum Gasteiger partial charge on any atom is 0.416 e. The van der Waals surface area contributed by atoms with E-state index in [1.807, 2.05) is 20.8 Å². The van der Waals surface area contributed by atoms with Crippen LogP contribution < -0.4 is 10.6 Å². The van der Waals surface area contributed by atoms with Gasteiger partial charge < -0.3 is 15.4 Å². The number of alkyl halides is 3. The average molecular weight is 372 g/mol. The number of rotatable bonds is 4. The van der Waals surface area contributed by atoms with Gasteiger partial charge in [0.25, 0.3) is 0 Å². The number of ether oxygens (including phenoxy) is 1. The minimum Gasteiger partial charge on any atom is -0.444 e. The zero-order valence-electron chi connectivity index (χ0n) is 15.5. The highest BCUT2D eigenvalue weighted by Gasteiger charge is 2.30. The van der Waals surface area contributed by atoms with Crippen molar-refractivity contribution < 1.29 is 22.7 Å². The Morgan fingerprint density at radius 1 is 1.08 bits per heavy atom. The Balaban J connectivity index is 1.72. The summed E-state index contributed by atoms with van der Waals surface area (Å²) in [6.07, 6.45) is -0.967. The van der Waals surface area contributed by atoms with Gasteiger partial charge in [-0.25, -0.2) is 4.79 Å². The SMILES string of the molecule is CC(C)(C)OC(=O)NCC1CCC(Nc2ccc(C(F)(F)F)cc2)CC1. The molecule has 1 aliphatic rings. The van der Waals surface area contributed by atoms with Crippen molar-refractivity contribution in [3.8, 4) is 0 Å². The molecule has 2 rings (SSSR count). The average Bonchev–Trinajstić information content (AvgIpc) is 2.52. The van der Waals surface area contributed by atoms with Crippen LogP contribution in [0.25, 0.3) is 0 Å². The molecule has 1 aromatic rings. The van der Waals surface area contributed by atoms with Crippen LogP contribution >= 0.6 is 0 Å². The van der Waals surface area contributed by atoms with Gasteiger partial charge in [0.15, 0.2) is 0 Å². The molecule has 0 saturated heterocycles. The quantitative estimate of drug-likeness (QED) is 0.764. The lowest BCUT2D eigenvalue weighted by molar-refractivity contribution is -0.137. The van der Waals surface area contributed by atoms with Crippen molar-refractivity contribution in [1.29, 1.82) is 0 Å². The second-order valence-corrected chi connectivity index (χ2v) is 7.82.